The third-order valence-corrected chi connectivity index (χ3v) is 19.8. The van der Waals surface area contributed by atoms with Crippen LogP contribution in [-0.4, -0.2) is 35.8 Å². The van der Waals surface area contributed by atoms with Crippen molar-refractivity contribution in [3.05, 3.63) is 221 Å². The maximum Gasteiger partial charge on any atom is 0.678 e. The second-order valence-electron chi connectivity index (χ2n) is 24.6. The summed E-state index contributed by atoms with van der Waals surface area (Å²) in [6.45, 7) is 9.91. The number of para-hydroxylation sites is 2. The minimum absolute atomic E-state index is 0.392. The number of anilines is 6. The quantitative estimate of drug-likeness (QED) is 0.0300. The van der Waals surface area contributed by atoms with E-state index in [1.807, 2.05) is 56.4 Å². The highest BCUT2D eigenvalue weighted by atomic mass is 32.2. The molecule has 0 N–H and O–H groups in total. The summed E-state index contributed by atoms with van der Waals surface area (Å²) in [5, 5.41) is 0. The molecule has 7 nitrogen and oxygen atoms in total. The summed E-state index contributed by atoms with van der Waals surface area (Å²) in [5.74, 6) is 1.77. The predicted molar refractivity (Wildman–Crippen MR) is 387 cm³/mol. The predicted octanol–water partition coefficient (Wildman–Crippen LogP) is 24.5. The van der Waals surface area contributed by atoms with Gasteiger partial charge in [0.2, 0.25) is 0 Å². The monoisotopic (exact) mass is 1260 g/mol. The molecular formula is C80H88BF2N5O2S2. The van der Waals surface area contributed by atoms with E-state index in [4.69, 9.17) is 14.5 Å². The number of ether oxygens (including phenoxy) is 2. The number of unbranched alkanes of at least 4 members (excludes halogenated alkanes) is 18. The van der Waals surface area contributed by atoms with Gasteiger partial charge in [-0.25, -0.2) is 4.99 Å². The largest absolute Gasteiger partial charge is 0.678 e. The molecular weight excluding hydrogens is 1180 g/mol. The molecule has 0 atom stereocenters. The Morgan fingerprint density at radius 2 is 0.924 bits per heavy atom. The number of aryl methyl sites for hydroxylation is 1. The van der Waals surface area contributed by atoms with E-state index in [-0.39, 0.29) is 0 Å². The van der Waals surface area contributed by atoms with E-state index in [0.717, 1.165) is 119 Å². The lowest BCUT2D eigenvalue weighted by molar-refractivity contribution is 0.304. The van der Waals surface area contributed by atoms with Crippen LogP contribution >= 0.6 is 23.5 Å². The van der Waals surface area contributed by atoms with Crippen molar-refractivity contribution in [3.8, 4) is 11.5 Å². The number of aliphatic imine (C=N–C) groups is 1. The van der Waals surface area contributed by atoms with Crippen LogP contribution in [0.1, 0.15) is 183 Å². The van der Waals surface area contributed by atoms with Crippen LogP contribution in [0.15, 0.2) is 212 Å². The van der Waals surface area contributed by atoms with Gasteiger partial charge in [-0.3, -0.25) is 13.6 Å². The van der Waals surface area contributed by atoms with Crippen LogP contribution < -0.4 is 19.3 Å². The lowest BCUT2D eigenvalue weighted by atomic mass is 9.95. The third kappa shape index (κ3) is 16.7. The van der Waals surface area contributed by atoms with E-state index < -0.39 is 7.40 Å². The molecule has 0 saturated carbocycles. The van der Waals surface area contributed by atoms with Crippen LogP contribution in [0.3, 0.4) is 0 Å². The van der Waals surface area contributed by atoms with Crippen molar-refractivity contribution in [1.29, 1.82) is 0 Å². The number of rotatable bonds is 33. The molecule has 0 bridgehead atoms. The van der Waals surface area contributed by atoms with Crippen LogP contribution in [0.5, 0.6) is 11.5 Å². The minimum atomic E-state index is -2.84. The summed E-state index contributed by atoms with van der Waals surface area (Å²) in [5.41, 5.74) is 13.6. The van der Waals surface area contributed by atoms with Gasteiger partial charge in [0.15, 0.2) is 0 Å². The molecule has 92 heavy (non-hydrogen) atoms. The second kappa shape index (κ2) is 33.2. The number of hydrogen-bond donors (Lipinski definition) is 0. The Hall–Kier alpha value is -7.80. The fraction of sp³-hybridized carbons (Fsp3) is 0.325. The molecule has 6 aromatic carbocycles. The van der Waals surface area contributed by atoms with Gasteiger partial charge in [0.25, 0.3) is 0 Å². The fourth-order valence-corrected chi connectivity index (χ4v) is 14.9. The number of allylic oxidation sites excluding steroid dienone is 3. The summed E-state index contributed by atoms with van der Waals surface area (Å²) in [6.07, 6.45) is 39.2. The SMILES string of the molecule is CCCCCCCCCCCCOc1ccc(N2c3ccccc3Sc3cc(/C=C/C4=NC(=C(/c5ccncc5)c5c(C)cc(/C=C/c6ccc7c(c6)Sc6ccccc6N7c6ccc(OCCCCCCCCCCCC)cc6)n5B(F)F)/C(C)=C4)ccc32)cc1. The molecule has 474 valence electrons. The summed E-state index contributed by atoms with van der Waals surface area (Å²) >= 11 is 3.49. The van der Waals surface area contributed by atoms with E-state index in [1.54, 1.807) is 35.9 Å². The van der Waals surface area contributed by atoms with Gasteiger partial charge in [-0.2, -0.15) is 0 Å². The van der Waals surface area contributed by atoms with E-state index in [0.29, 0.717) is 28.2 Å². The molecule has 5 heterocycles. The fourth-order valence-electron chi connectivity index (χ4n) is 12.7. The maximum atomic E-state index is 15.9. The van der Waals surface area contributed by atoms with Crippen LogP contribution in [0.2, 0.25) is 0 Å². The highest BCUT2D eigenvalue weighted by molar-refractivity contribution is 8.00. The second-order valence-corrected chi connectivity index (χ2v) is 26.7. The topological polar surface area (TPSA) is 55.1 Å². The zero-order valence-corrected chi connectivity index (χ0v) is 55.9. The molecule has 8 aromatic rings. The van der Waals surface area contributed by atoms with Gasteiger partial charge in [-0.15, -0.1) is 0 Å². The number of halogens is 2. The highest BCUT2D eigenvalue weighted by Crippen LogP contribution is 2.53. The normalized spacial score (nSPS) is 13.9. The first-order chi connectivity index (χ1) is 45.2. The van der Waals surface area contributed by atoms with Crippen molar-refractivity contribution in [1.82, 2.24) is 9.46 Å². The van der Waals surface area contributed by atoms with Gasteiger partial charge in [0.05, 0.1) is 47.4 Å². The van der Waals surface area contributed by atoms with Crippen LogP contribution in [0.4, 0.5) is 42.8 Å². The van der Waals surface area contributed by atoms with Crippen molar-refractivity contribution >= 4 is 94.6 Å². The Labute approximate surface area is 555 Å². The van der Waals surface area contributed by atoms with E-state index in [9.17, 15) is 0 Å². The molecule has 3 aliphatic rings. The Bertz CT molecular complexity index is 3890. The van der Waals surface area contributed by atoms with Crippen LogP contribution in [0.25, 0.3) is 23.8 Å². The Morgan fingerprint density at radius 3 is 1.40 bits per heavy atom. The summed E-state index contributed by atoms with van der Waals surface area (Å²) in [7, 11) is -2.84. The number of fused-ring (bicyclic) bond motifs is 4. The molecule has 0 unspecified atom stereocenters. The molecule has 3 aliphatic heterocycles. The third-order valence-electron chi connectivity index (χ3n) is 17.6. The first kappa shape index (κ1) is 65.7. The smallest absolute Gasteiger partial charge is 0.494 e. The minimum Gasteiger partial charge on any atom is -0.494 e. The number of pyridine rings is 1. The van der Waals surface area contributed by atoms with Crippen molar-refractivity contribution in [3.63, 3.8) is 0 Å². The molecule has 0 spiro atoms. The maximum absolute atomic E-state index is 15.9. The number of benzene rings is 6. The Morgan fingerprint density at radius 1 is 0.478 bits per heavy atom. The molecule has 0 aliphatic carbocycles. The Balaban J connectivity index is 0.782. The molecule has 0 fully saturated rings. The van der Waals surface area contributed by atoms with E-state index >= 15 is 8.63 Å². The lowest BCUT2D eigenvalue weighted by Crippen LogP contribution is -2.18. The zero-order chi connectivity index (χ0) is 63.4. The van der Waals surface area contributed by atoms with E-state index in [1.165, 1.54) is 120 Å². The van der Waals surface area contributed by atoms with Crippen molar-refractivity contribution < 1.29 is 18.1 Å². The zero-order valence-electron chi connectivity index (χ0n) is 54.2. The Kier molecular flexibility index (Phi) is 23.7. The van der Waals surface area contributed by atoms with Crippen molar-refractivity contribution in [2.24, 2.45) is 4.99 Å². The van der Waals surface area contributed by atoms with E-state index in [2.05, 4.69) is 168 Å². The number of hydrogen-bond acceptors (Lipinski definition) is 8. The van der Waals surface area contributed by atoms with Crippen molar-refractivity contribution in [2.45, 2.75) is 176 Å². The van der Waals surface area contributed by atoms with Gasteiger partial charge in [-0.1, -0.05) is 201 Å². The van der Waals surface area contributed by atoms with Crippen molar-refractivity contribution in [2.75, 3.05) is 23.0 Å². The lowest BCUT2D eigenvalue weighted by Gasteiger charge is -2.33. The summed E-state index contributed by atoms with van der Waals surface area (Å²) in [4.78, 5) is 18.7. The van der Waals surface area contributed by atoms with Gasteiger partial charge in [0, 0.05) is 60.3 Å². The molecule has 0 amide bonds. The van der Waals surface area contributed by atoms with Gasteiger partial charge in [0.1, 0.15) is 11.5 Å². The average Bonchev–Trinajstić information content (AvgIpc) is 0.871. The van der Waals surface area contributed by atoms with Crippen LogP contribution in [-0.2, 0) is 0 Å². The number of aromatic nitrogens is 2. The molecule has 12 heteroatoms. The summed E-state index contributed by atoms with van der Waals surface area (Å²) in [6, 6.07) is 52.4. The molecule has 11 rings (SSSR count). The summed E-state index contributed by atoms with van der Waals surface area (Å²) < 4.78 is 45.4. The average molecular weight is 1260 g/mol. The van der Waals surface area contributed by atoms with Gasteiger partial charge < -0.3 is 23.8 Å². The van der Waals surface area contributed by atoms with Crippen LogP contribution in [0, 0.1) is 6.92 Å². The van der Waals surface area contributed by atoms with Gasteiger partial charge in [-0.05, 0) is 188 Å². The highest BCUT2D eigenvalue weighted by Gasteiger charge is 2.31. The molecule has 2 aromatic heterocycles. The van der Waals surface area contributed by atoms with Gasteiger partial charge >= 0.3 is 7.40 Å². The number of nitrogens with zero attached hydrogens (tertiary/aromatic N) is 5. The first-order valence-corrected chi connectivity index (χ1v) is 35.5. The molecule has 0 saturated heterocycles. The molecule has 0 radical (unpaired) electrons. The standard InChI is InChI=1S/C80H88BF2N5O2S2/c1-5-7-9-11-13-15-17-19-21-27-53-89-68-43-39-65(40-44-68)86-70-29-23-25-31-74(70)91-76-57-61(35-47-72(76)86)33-37-64-55-59(3)79(85-64)78(63-49-51-84-52-50-63)80-60(4)56-67(88(80)81(82)83)38-34-62-36-48-73-77(58-62)92-75-32-26-24-30-71(75)87(73)66-41-45-69(46-42-66)90-54-28-22-20-18-16-14-12-10-8-6-2/h23-26,29-52,55-58H,5-22,27-28,53-54H2,1-4H3/b37-33+,38-34+,79-78-. The first-order valence-electron chi connectivity index (χ1n) is 33.9.